The van der Waals surface area contributed by atoms with Crippen molar-refractivity contribution in [3.05, 3.63) is 22.4 Å². The van der Waals surface area contributed by atoms with E-state index in [2.05, 4.69) is 26.2 Å². The van der Waals surface area contributed by atoms with Gasteiger partial charge in [-0.2, -0.15) is 0 Å². The van der Waals surface area contributed by atoms with Gasteiger partial charge in [0, 0.05) is 31.0 Å². The van der Waals surface area contributed by atoms with Crippen molar-refractivity contribution in [2.24, 2.45) is 5.92 Å². The zero-order chi connectivity index (χ0) is 16.3. The monoisotopic (exact) mass is 368 g/mol. The first kappa shape index (κ1) is 16.7. The molecule has 2 heterocycles. The third-order valence-electron chi connectivity index (χ3n) is 3.61. The van der Waals surface area contributed by atoms with Crippen molar-refractivity contribution in [3.8, 4) is 0 Å². The number of amidine groups is 1. The number of rotatable bonds is 4. The van der Waals surface area contributed by atoms with Crippen molar-refractivity contribution in [1.29, 1.82) is 5.41 Å². The molecule has 1 unspecified atom stereocenters. The number of ether oxygens (including phenoxy) is 1. The molecular weight excluding hydrogens is 348 g/mol. The van der Waals surface area contributed by atoms with Crippen LogP contribution < -0.4 is 5.32 Å². The fraction of sp³-hybridized carbons (Fsp3) is 0.533. The van der Waals surface area contributed by atoms with Crippen LogP contribution in [0, 0.1) is 11.3 Å². The number of carbonyl (C=O) groups excluding carboxylic acids is 1. The zero-order valence-corrected chi connectivity index (χ0v) is 14.6. The molecule has 1 aliphatic rings. The lowest BCUT2D eigenvalue weighted by molar-refractivity contribution is -0.144. The van der Waals surface area contributed by atoms with Gasteiger partial charge >= 0.3 is 5.97 Å². The normalized spacial score (nSPS) is 17.7. The van der Waals surface area contributed by atoms with Crippen LogP contribution in [0.15, 0.2) is 16.9 Å². The number of esters is 1. The number of aromatic nitrogens is 1. The average molecular weight is 369 g/mol. The molecule has 1 aromatic heterocycles. The van der Waals surface area contributed by atoms with E-state index in [-0.39, 0.29) is 17.9 Å². The minimum Gasteiger partial charge on any atom is -0.469 e. The molecular formula is C15H21BrN4O2. The summed E-state index contributed by atoms with van der Waals surface area (Å²) in [4.78, 5) is 17.8. The van der Waals surface area contributed by atoms with Crippen LogP contribution >= 0.6 is 15.9 Å². The van der Waals surface area contributed by atoms with E-state index in [1.54, 1.807) is 6.20 Å². The summed E-state index contributed by atoms with van der Waals surface area (Å²) in [7, 11) is 1.40. The number of carbonyl (C=O) groups is 1. The van der Waals surface area contributed by atoms with Gasteiger partial charge in [-0.3, -0.25) is 10.2 Å². The fourth-order valence-electron chi connectivity index (χ4n) is 2.54. The zero-order valence-electron chi connectivity index (χ0n) is 13.0. The summed E-state index contributed by atoms with van der Waals surface area (Å²) < 4.78 is 5.52. The first-order valence-corrected chi connectivity index (χ1v) is 8.05. The van der Waals surface area contributed by atoms with Crippen molar-refractivity contribution < 1.29 is 9.53 Å². The van der Waals surface area contributed by atoms with Crippen molar-refractivity contribution in [2.45, 2.75) is 26.3 Å². The molecule has 120 valence electrons. The molecule has 2 N–H and O–H groups in total. The maximum absolute atomic E-state index is 11.6. The molecule has 1 fully saturated rings. The van der Waals surface area contributed by atoms with Crippen LogP contribution in [0.4, 0.5) is 5.69 Å². The highest BCUT2D eigenvalue weighted by atomic mass is 79.9. The highest BCUT2D eigenvalue weighted by Crippen LogP contribution is 2.25. The first-order chi connectivity index (χ1) is 10.4. The molecule has 0 aromatic carbocycles. The highest BCUT2D eigenvalue weighted by Gasteiger charge is 2.31. The lowest BCUT2D eigenvalue weighted by Crippen LogP contribution is -2.31. The van der Waals surface area contributed by atoms with Gasteiger partial charge in [0.1, 0.15) is 10.4 Å². The molecule has 0 saturated carbocycles. The van der Waals surface area contributed by atoms with E-state index < -0.39 is 0 Å². The molecule has 1 atom stereocenters. The fourth-order valence-corrected chi connectivity index (χ4v) is 2.87. The van der Waals surface area contributed by atoms with Crippen LogP contribution in [0.25, 0.3) is 0 Å². The summed E-state index contributed by atoms with van der Waals surface area (Å²) in [5, 5.41) is 11.8. The predicted octanol–water partition coefficient (Wildman–Crippen LogP) is 2.48. The van der Waals surface area contributed by atoms with E-state index in [1.165, 1.54) is 7.11 Å². The molecule has 1 saturated heterocycles. The van der Waals surface area contributed by atoms with Crippen molar-refractivity contribution >= 4 is 33.4 Å². The van der Waals surface area contributed by atoms with Crippen LogP contribution in [0.3, 0.4) is 0 Å². The third-order valence-corrected chi connectivity index (χ3v) is 4.04. The molecule has 0 amide bonds. The molecule has 1 aromatic rings. The third kappa shape index (κ3) is 3.76. The van der Waals surface area contributed by atoms with Gasteiger partial charge in [0.05, 0.1) is 18.6 Å². The molecule has 1 aliphatic heterocycles. The summed E-state index contributed by atoms with van der Waals surface area (Å²) in [5.74, 6) is 0.0228. The van der Waals surface area contributed by atoms with Crippen molar-refractivity contribution in [3.63, 3.8) is 0 Å². The summed E-state index contributed by atoms with van der Waals surface area (Å²) in [6, 6.07) is 2.12. The molecule has 7 heteroatoms. The van der Waals surface area contributed by atoms with Gasteiger partial charge in [-0.1, -0.05) is 0 Å². The van der Waals surface area contributed by atoms with Crippen molar-refractivity contribution in [2.75, 3.05) is 25.5 Å². The summed E-state index contributed by atoms with van der Waals surface area (Å²) in [5.41, 5.74) is 1.60. The van der Waals surface area contributed by atoms with Crippen LogP contribution in [-0.4, -0.2) is 47.9 Å². The molecule has 2 rings (SSSR count). The lowest BCUT2D eigenvalue weighted by atomic mass is 10.1. The number of anilines is 1. The SMILES string of the molecule is COC(=O)C1CCN(C(=N)c2cnc(Br)cc2NC(C)C)C1. The second-order valence-electron chi connectivity index (χ2n) is 5.66. The van der Waals surface area contributed by atoms with Crippen molar-refractivity contribution in [1.82, 2.24) is 9.88 Å². The van der Waals surface area contributed by atoms with E-state index in [1.807, 2.05) is 24.8 Å². The van der Waals surface area contributed by atoms with Gasteiger partial charge in [0.25, 0.3) is 0 Å². The Labute approximate surface area is 138 Å². The van der Waals surface area contributed by atoms with E-state index in [0.29, 0.717) is 25.3 Å². The molecule has 0 spiro atoms. The largest absolute Gasteiger partial charge is 0.469 e. The molecule has 6 nitrogen and oxygen atoms in total. The maximum atomic E-state index is 11.6. The van der Waals surface area contributed by atoms with Gasteiger partial charge in [-0.05, 0) is 42.3 Å². The van der Waals surface area contributed by atoms with Gasteiger partial charge in [0.2, 0.25) is 0 Å². The highest BCUT2D eigenvalue weighted by molar-refractivity contribution is 9.10. The quantitative estimate of drug-likeness (QED) is 0.369. The Kier molecular flexibility index (Phi) is 5.39. The smallest absolute Gasteiger partial charge is 0.310 e. The number of hydrogen-bond acceptors (Lipinski definition) is 5. The molecule has 0 radical (unpaired) electrons. The molecule has 22 heavy (non-hydrogen) atoms. The molecule has 0 aliphatic carbocycles. The Bertz CT molecular complexity index is 577. The number of methoxy groups -OCH3 is 1. The second kappa shape index (κ2) is 7.09. The number of nitrogens with zero attached hydrogens (tertiary/aromatic N) is 2. The Morgan fingerprint density at radius 3 is 2.95 bits per heavy atom. The summed E-state index contributed by atoms with van der Waals surface area (Å²) >= 11 is 3.36. The van der Waals surface area contributed by atoms with Crippen LogP contribution in [0.5, 0.6) is 0 Å². The van der Waals surface area contributed by atoms with E-state index in [9.17, 15) is 4.79 Å². The van der Waals surface area contributed by atoms with E-state index in [0.717, 1.165) is 15.9 Å². The Balaban J connectivity index is 2.18. The standard InChI is InChI=1S/C15H21BrN4O2/c1-9(2)19-12-6-13(16)18-7-11(12)14(17)20-5-4-10(8-20)15(21)22-3/h6-7,9-10,17H,4-5,8H2,1-3H3,(H,18,19). The van der Waals surface area contributed by atoms with Gasteiger partial charge < -0.3 is 15.0 Å². The molecule has 0 bridgehead atoms. The lowest BCUT2D eigenvalue weighted by Gasteiger charge is -2.22. The first-order valence-electron chi connectivity index (χ1n) is 7.26. The Morgan fingerprint density at radius 1 is 1.59 bits per heavy atom. The summed E-state index contributed by atoms with van der Waals surface area (Å²) in [6.07, 6.45) is 2.40. The Hall–Kier alpha value is -1.63. The number of pyridine rings is 1. The van der Waals surface area contributed by atoms with Crippen LogP contribution in [0.2, 0.25) is 0 Å². The Morgan fingerprint density at radius 2 is 2.32 bits per heavy atom. The number of halogens is 1. The topological polar surface area (TPSA) is 78.3 Å². The van der Waals surface area contributed by atoms with Gasteiger partial charge in [0.15, 0.2) is 0 Å². The second-order valence-corrected chi connectivity index (χ2v) is 6.47. The van der Waals surface area contributed by atoms with Gasteiger partial charge in [-0.25, -0.2) is 4.98 Å². The minimum atomic E-state index is -0.204. The number of nitrogens with one attached hydrogen (secondary N) is 2. The summed E-state index contributed by atoms with van der Waals surface area (Å²) in [6.45, 7) is 5.29. The van der Waals surface area contributed by atoms with Gasteiger partial charge in [-0.15, -0.1) is 0 Å². The predicted molar refractivity (Wildman–Crippen MR) is 89.2 cm³/mol. The number of likely N-dealkylation sites (tertiary alicyclic amines) is 1. The minimum absolute atomic E-state index is 0.157. The van der Waals surface area contributed by atoms with E-state index in [4.69, 9.17) is 10.1 Å². The maximum Gasteiger partial charge on any atom is 0.310 e. The van der Waals surface area contributed by atoms with Crippen LogP contribution in [-0.2, 0) is 9.53 Å². The average Bonchev–Trinajstić information content (AvgIpc) is 2.95. The van der Waals surface area contributed by atoms with E-state index >= 15 is 0 Å². The number of hydrogen-bond donors (Lipinski definition) is 2. The van der Waals surface area contributed by atoms with Crippen LogP contribution in [0.1, 0.15) is 25.8 Å².